The number of hydrogen-bond acceptors (Lipinski definition) is 4. The van der Waals surface area contributed by atoms with Gasteiger partial charge < -0.3 is 9.52 Å². The van der Waals surface area contributed by atoms with Crippen LogP contribution in [0.3, 0.4) is 0 Å². The molecule has 1 fully saturated rings. The molecule has 2 heterocycles. The van der Waals surface area contributed by atoms with Gasteiger partial charge in [0.15, 0.2) is 5.76 Å². The van der Waals surface area contributed by atoms with Crippen molar-refractivity contribution < 1.29 is 14.3 Å². The van der Waals surface area contributed by atoms with Gasteiger partial charge >= 0.3 is 0 Å². The summed E-state index contributed by atoms with van der Waals surface area (Å²) in [6, 6.07) is 3.50. The number of likely N-dealkylation sites (tertiary alicyclic amines) is 1. The van der Waals surface area contributed by atoms with E-state index in [1.165, 1.54) is 6.26 Å². The largest absolute Gasteiger partial charge is 0.461 e. The smallest absolute Gasteiger partial charge is 0.211 e. The van der Waals surface area contributed by atoms with E-state index in [1.54, 1.807) is 12.1 Å². The Morgan fingerprint density at radius 2 is 2.50 bits per heavy atom. The molecule has 0 radical (unpaired) electrons. The zero-order valence-electron chi connectivity index (χ0n) is 9.43. The van der Waals surface area contributed by atoms with Gasteiger partial charge in [-0.2, -0.15) is 0 Å². The second kappa shape index (κ2) is 4.80. The van der Waals surface area contributed by atoms with Gasteiger partial charge in [-0.25, -0.2) is 0 Å². The van der Waals surface area contributed by atoms with Crippen LogP contribution in [0.1, 0.15) is 23.9 Å². The van der Waals surface area contributed by atoms with Gasteiger partial charge in [0.2, 0.25) is 5.78 Å². The molecule has 0 bridgehead atoms. The van der Waals surface area contributed by atoms with Crippen molar-refractivity contribution in [3.8, 4) is 0 Å². The maximum absolute atomic E-state index is 11.8. The Labute approximate surface area is 94.9 Å². The number of ketones is 1. The Balaban J connectivity index is 1.97. The molecule has 1 aliphatic rings. The third-order valence-corrected chi connectivity index (χ3v) is 3.33. The average Bonchev–Trinajstić information content (AvgIpc) is 2.88. The molecule has 0 saturated carbocycles. The molecule has 4 nitrogen and oxygen atoms in total. The lowest BCUT2D eigenvalue weighted by molar-refractivity contribution is 0.0840. The van der Waals surface area contributed by atoms with E-state index < -0.39 is 0 Å². The van der Waals surface area contributed by atoms with Crippen molar-refractivity contribution in [3.63, 3.8) is 0 Å². The first-order valence-electron chi connectivity index (χ1n) is 5.64. The van der Waals surface area contributed by atoms with Gasteiger partial charge in [-0.3, -0.25) is 9.69 Å². The number of nitrogens with zero attached hydrogens (tertiary/aromatic N) is 1. The summed E-state index contributed by atoms with van der Waals surface area (Å²) in [5.41, 5.74) is 0. The molecule has 1 aromatic rings. The first-order chi connectivity index (χ1) is 7.72. The topological polar surface area (TPSA) is 53.7 Å². The minimum Gasteiger partial charge on any atom is -0.461 e. The zero-order valence-corrected chi connectivity index (χ0v) is 9.43. The van der Waals surface area contributed by atoms with E-state index in [0.717, 1.165) is 13.0 Å². The zero-order chi connectivity index (χ0) is 11.5. The molecule has 2 unspecified atom stereocenters. The molecule has 0 aliphatic carbocycles. The molecular formula is C12H17NO3. The molecule has 1 saturated heterocycles. The maximum atomic E-state index is 11.8. The quantitative estimate of drug-likeness (QED) is 0.778. The summed E-state index contributed by atoms with van der Waals surface area (Å²) in [6.45, 7) is 3.44. The van der Waals surface area contributed by atoms with Crippen LogP contribution in [0.5, 0.6) is 0 Å². The highest BCUT2D eigenvalue weighted by molar-refractivity contribution is 5.95. The van der Waals surface area contributed by atoms with E-state index in [0.29, 0.717) is 18.2 Å². The van der Waals surface area contributed by atoms with Crippen LogP contribution in [0.15, 0.2) is 22.8 Å². The summed E-state index contributed by atoms with van der Waals surface area (Å²) in [4.78, 5) is 13.9. The lowest BCUT2D eigenvalue weighted by Crippen LogP contribution is -2.38. The van der Waals surface area contributed by atoms with Gasteiger partial charge in [-0.1, -0.05) is 6.92 Å². The fourth-order valence-electron chi connectivity index (χ4n) is 2.28. The van der Waals surface area contributed by atoms with E-state index in [2.05, 4.69) is 6.92 Å². The minimum atomic E-state index is -0.0162. The highest BCUT2D eigenvalue weighted by atomic mass is 16.3. The van der Waals surface area contributed by atoms with Gasteiger partial charge in [0.25, 0.3) is 0 Å². The first-order valence-corrected chi connectivity index (χ1v) is 5.64. The molecule has 1 N–H and O–H groups in total. The van der Waals surface area contributed by atoms with E-state index in [-0.39, 0.29) is 18.4 Å². The van der Waals surface area contributed by atoms with Crippen LogP contribution in [0.4, 0.5) is 0 Å². The molecule has 0 spiro atoms. The number of Topliss-reactive ketones (excluding diaryl/α,β-unsaturated/α-hetero) is 1. The standard InChI is InChI=1S/C12H17NO3/c1-9-4-5-13(10(9)8-14)7-11(15)12-3-2-6-16-12/h2-3,6,9-10,14H,4-5,7-8H2,1H3. The monoisotopic (exact) mass is 223 g/mol. The number of carbonyl (C=O) groups is 1. The van der Waals surface area contributed by atoms with Crippen molar-refractivity contribution in [1.82, 2.24) is 4.90 Å². The lowest BCUT2D eigenvalue weighted by atomic mass is 10.0. The Kier molecular flexibility index (Phi) is 3.41. The van der Waals surface area contributed by atoms with Crippen molar-refractivity contribution in [3.05, 3.63) is 24.2 Å². The molecule has 2 atom stereocenters. The molecular weight excluding hydrogens is 206 g/mol. The summed E-state index contributed by atoms with van der Waals surface area (Å²) in [6.07, 6.45) is 2.54. The van der Waals surface area contributed by atoms with Gasteiger partial charge in [0.05, 0.1) is 19.4 Å². The summed E-state index contributed by atoms with van der Waals surface area (Å²) in [5, 5.41) is 9.27. The van der Waals surface area contributed by atoms with Crippen molar-refractivity contribution in [1.29, 1.82) is 0 Å². The minimum absolute atomic E-state index is 0.0162. The van der Waals surface area contributed by atoms with Crippen LogP contribution in [0, 0.1) is 5.92 Å². The fourth-order valence-corrected chi connectivity index (χ4v) is 2.28. The van der Waals surface area contributed by atoms with Crippen LogP contribution in [0.2, 0.25) is 0 Å². The Morgan fingerprint density at radius 1 is 1.69 bits per heavy atom. The summed E-state index contributed by atoms with van der Waals surface area (Å²) < 4.78 is 5.06. The fraction of sp³-hybridized carbons (Fsp3) is 0.583. The maximum Gasteiger partial charge on any atom is 0.211 e. The second-order valence-electron chi connectivity index (χ2n) is 4.39. The number of aliphatic hydroxyl groups excluding tert-OH is 1. The highest BCUT2D eigenvalue weighted by Crippen LogP contribution is 2.23. The lowest BCUT2D eigenvalue weighted by Gasteiger charge is -2.23. The molecule has 0 amide bonds. The Bertz CT molecular complexity index is 347. The van der Waals surface area contributed by atoms with Crippen molar-refractivity contribution in [2.24, 2.45) is 5.92 Å². The van der Waals surface area contributed by atoms with Gasteiger partial charge in [0.1, 0.15) is 0 Å². The van der Waals surface area contributed by atoms with Crippen LogP contribution >= 0.6 is 0 Å². The van der Waals surface area contributed by atoms with Crippen LogP contribution in [0.25, 0.3) is 0 Å². The molecule has 4 heteroatoms. The van der Waals surface area contributed by atoms with Gasteiger partial charge in [-0.15, -0.1) is 0 Å². The number of furan rings is 1. The van der Waals surface area contributed by atoms with E-state index in [9.17, 15) is 9.90 Å². The molecule has 1 aliphatic heterocycles. The summed E-state index contributed by atoms with van der Waals surface area (Å²) in [7, 11) is 0. The SMILES string of the molecule is CC1CCN(CC(=O)c2ccco2)C1CO. The normalized spacial score (nSPS) is 26.1. The molecule has 2 rings (SSSR count). The van der Waals surface area contributed by atoms with Crippen molar-refractivity contribution in [2.75, 3.05) is 19.7 Å². The predicted molar refractivity (Wildman–Crippen MR) is 59.3 cm³/mol. The van der Waals surface area contributed by atoms with Gasteiger partial charge in [0, 0.05) is 6.04 Å². The summed E-state index contributed by atoms with van der Waals surface area (Å²) >= 11 is 0. The first kappa shape index (κ1) is 11.4. The van der Waals surface area contributed by atoms with Crippen LogP contribution in [-0.4, -0.2) is 41.5 Å². The second-order valence-corrected chi connectivity index (χ2v) is 4.39. The average molecular weight is 223 g/mol. The summed E-state index contributed by atoms with van der Waals surface area (Å²) in [5.74, 6) is 0.836. The number of hydrogen-bond donors (Lipinski definition) is 1. The molecule has 0 aromatic carbocycles. The predicted octanol–water partition coefficient (Wildman–Crippen LogP) is 1.16. The number of rotatable bonds is 4. The number of carbonyl (C=O) groups excluding carboxylic acids is 1. The van der Waals surface area contributed by atoms with Crippen LogP contribution in [-0.2, 0) is 0 Å². The molecule has 16 heavy (non-hydrogen) atoms. The van der Waals surface area contributed by atoms with Gasteiger partial charge in [-0.05, 0) is 31.0 Å². The van der Waals surface area contributed by atoms with E-state index in [4.69, 9.17) is 4.42 Å². The number of aliphatic hydroxyl groups is 1. The molecule has 88 valence electrons. The molecule has 1 aromatic heterocycles. The van der Waals surface area contributed by atoms with E-state index >= 15 is 0 Å². The third kappa shape index (κ3) is 2.18. The highest BCUT2D eigenvalue weighted by Gasteiger charge is 2.32. The van der Waals surface area contributed by atoms with Crippen molar-refractivity contribution in [2.45, 2.75) is 19.4 Å². The van der Waals surface area contributed by atoms with E-state index in [1.807, 2.05) is 4.90 Å². The Hall–Kier alpha value is -1.13. The van der Waals surface area contributed by atoms with Crippen molar-refractivity contribution >= 4 is 5.78 Å². The van der Waals surface area contributed by atoms with Crippen LogP contribution < -0.4 is 0 Å². The Morgan fingerprint density at radius 3 is 3.12 bits per heavy atom. The third-order valence-electron chi connectivity index (χ3n) is 3.33.